The number of rotatable bonds is 9. The smallest absolute Gasteiger partial charge is 0.416 e. The van der Waals surface area contributed by atoms with E-state index in [2.05, 4.69) is 5.32 Å². The van der Waals surface area contributed by atoms with Crippen LogP contribution in [0.5, 0.6) is 5.75 Å². The summed E-state index contributed by atoms with van der Waals surface area (Å²) in [5.41, 5.74) is -0.415. The van der Waals surface area contributed by atoms with Crippen LogP contribution in [0.4, 0.5) is 18.9 Å². The van der Waals surface area contributed by atoms with Crippen LogP contribution < -0.4 is 15.0 Å². The second kappa shape index (κ2) is 11.2. The highest BCUT2D eigenvalue weighted by molar-refractivity contribution is 6.02. The van der Waals surface area contributed by atoms with Crippen molar-refractivity contribution in [3.63, 3.8) is 0 Å². The van der Waals surface area contributed by atoms with E-state index in [0.717, 1.165) is 22.6 Å². The second-order valence-corrected chi connectivity index (χ2v) is 7.86. The number of nitrogens with one attached hydrogen (secondary N) is 1. The van der Waals surface area contributed by atoms with Gasteiger partial charge in [0.25, 0.3) is 0 Å². The Kier molecular flexibility index (Phi) is 8.34. The van der Waals surface area contributed by atoms with Gasteiger partial charge in [-0.1, -0.05) is 30.3 Å². The fourth-order valence-corrected chi connectivity index (χ4v) is 3.71. The summed E-state index contributed by atoms with van der Waals surface area (Å²) in [5.74, 6) is -2.94. The number of halogens is 3. The lowest BCUT2D eigenvalue weighted by Crippen LogP contribution is -2.55. The minimum atomic E-state index is -4.70. The van der Waals surface area contributed by atoms with E-state index in [4.69, 9.17) is 9.47 Å². The van der Waals surface area contributed by atoms with Gasteiger partial charge < -0.3 is 14.6 Å². The molecule has 1 aliphatic rings. The van der Waals surface area contributed by atoms with Crippen molar-refractivity contribution < 1.29 is 42.1 Å². The molecule has 8 nitrogen and oxygen atoms in total. The average Bonchev–Trinajstić information content (AvgIpc) is 2.93. The van der Waals surface area contributed by atoms with Crippen molar-refractivity contribution >= 4 is 23.5 Å². The van der Waals surface area contributed by atoms with E-state index < -0.39 is 48.2 Å². The van der Waals surface area contributed by atoms with Crippen molar-refractivity contribution in [3.05, 3.63) is 59.7 Å². The first-order chi connectivity index (χ1) is 16.6. The summed E-state index contributed by atoms with van der Waals surface area (Å²) in [5, 5.41) is 12.2. The van der Waals surface area contributed by atoms with Gasteiger partial charge in [0.05, 0.1) is 17.9 Å². The van der Waals surface area contributed by atoms with E-state index in [0.29, 0.717) is 12.5 Å². The van der Waals surface area contributed by atoms with E-state index in [1.54, 1.807) is 6.92 Å². The molecule has 0 fully saturated rings. The Labute approximate surface area is 199 Å². The van der Waals surface area contributed by atoms with Gasteiger partial charge in [-0.15, -0.1) is 0 Å². The average molecular weight is 494 g/mol. The zero-order chi connectivity index (χ0) is 25.6. The van der Waals surface area contributed by atoms with E-state index in [1.807, 2.05) is 30.3 Å². The molecule has 0 bridgehead atoms. The van der Waals surface area contributed by atoms with E-state index in [9.17, 15) is 32.7 Å². The highest BCUT2D eigenvalue weighted by atomic mass is 19.4. The van der Waals surface area contributed by atoms with Crippen LogP contribution in [0.1, 0.15) is 24.5 Å². The summed E-state index contributed by atoms with van der Waals surface area (Å²) < 4.78 is 50.5. The maximum atomic E-state index is 13.3. The molecule has 1 amide bonds. The number of aliphatic carboxylic acids is 1. The largest absolute Gasteiger partial charge is 0.489 e. The van der Waals surface area contributed by atoms with E-state index in [1.165, 1.54) is 0 Å². The number of esters is 1. The Morgan fingerprint density at radius 2 is 1.94 bits per heavy atom. The standard InChI is InChI=1S/C24H25F3N2O6/c1-2-34-23(33)17(10-8-15-6-4-3-5-7-15)28-18-14-35-20-11-9-16(24(25,26)27)12-19(20)29(22(18)32)13-21(30)31/h3-7,9,11-12,17-18,28H,2,8,10,13-14H2,1H3,(H,30,31)/t17?,18-/m0/s1. The summed E-state index contributed by atoms with van der Waals surface area (Å²) in [6.07, 6.45) is -3.97. The summed E-state index contributed by atoms with van der Waals surface area (Å²) in [6, 6.07) is 9.67. The van der Waals surface area contributed by atoms with Gasteiger partial charge in [0.2, 0.25) is 5.91 Å². The molecule has 2 aromatic rings. The second-order valence-electron chi connectivity index (χ2n) is 7.86. The molecule has 1 aliphatic heterocycles. The van der Waals surface area contributed by atoms with Crippen LogP contribution in [-0.4, -0.2) is 54.8 Å². The van der Waals surface area contributed by atoms with Crippen LogP contribution in [-0.2, 0) is 31.7 Å². The first kappa shape index (κ1) is 26.0. The molecule has 188 valence electrons. The molecule has 2 atom stereocenters. The van der Waals surface area contributed by atoms with Crippen molar-refractivity contribution in [3.8, 4) is 5.75 Å². The van der Waals surface area contributed by atoms with Gasteiger partial charge in [0, 0.05) is 0 Å². The van der Waals surface area contributed by atoms with Crippen LogP contribution in [0.15, 0.2) is 48.5 Å². The number of carbonyl (C=O) groups is 3. The number of aryl methyl sites for hydroxylation is 1. The first-order valence-corrected chi connectivity index (χ1v) is 10.9. The number of hydrogen-bond donors (Lipinski definition) is 2. The van der Waals surface area contributed by atoms with Crippen LogP contribution in [0.25, 0.3) is 0 Å². The number of ether oxygens (including phenoxy) is 2. The van der Waals surface area contributed by atoms with E-state index >= 15 is 0 Å². The lowest BCUT2D eigenvalue weighted by Gasteiger charge is -2.26. The molecule has 0 radical (unpaired) electrons. The maximum Gasteiger partial charge on any atom is 0.416 e. The van der Waals surface area contributed by atoms with Crippen LogP contribution in [0.2, 0.25) is 0 Å². The van der Waals surface area contributed by atoms with Gasteiger partial charge in [0.1, 0.15) is 31.0 Å². The lowest BCUT2D eigenvalue weighted by molar-refractivity contribution is -0.146. The SMILES string of the molecule is CCOC(=O)C(CCc1ccccc1)N[C@H]1COc2ccc(C(F)(F)F)cc2N(CC(=O)O)C1=O. The number of carbonyl (C=O) groups excluding carboxylic acids is 2. The number of nitrogens with zero attached hydrogens (tertiary/aromatic N) is 1. The monoisotopic (exact) mass is 494 g/mol. The highest BCUT2D eigenvalue weighted by Gasteiger charge is 2.38. The third kappa shape index (κ3) is 6.72. The van der Waals surface area contributed by atoms with Crippen molar-refractivity contribution in [1.29, 1.82) is 0 Å². The van der Waals surface area contributed by atoms with Crippen molar-refractivity contribution in [2.45, 2.75) is 38.0 Å². The number of alkyl halides is 3. The Morgan fingerprint density at radius 3 is 2.57 bits per heavy atom. The molecule has 0 saturated carbocycles. The summed E-state index contributed by atoms with van der Waals surface area (Å²) in [4.78, 5) is 38.0. The molecule has 3 rings (SSSR count). The number of benzene rings is 2. The fraction of sp³-hybridized carbons (Fsp3) is 0.375. The number of fused-ring (bicyclic) bond motifs is 1. The minimum Gasteiger partial charge on any atom is -0.489 e. The Balaban J connectivity index is 1.87. The Hall–Kier alpha value is -3.60. The summed E-state index contributed by atoms with van der Waals surface area (Å²) in [7, 11) is 0. The molecule has 1 heterocycles. The third-order valence-corrected chi connectivity index (χ3v) is 5.38. The zero-order valence-electron chi connectivity index (χ0n) is 18.9. The lowest BCUT2D eigenvalue weighted by atomic mass is 10.0. The molecule has 35 heavy (non-hydrogen) atoms. The molecule has 11 heteroatoms. The highest BCUT2D eigenvalue weighted by Crippen LogP contribution is 2.38. The van der Waals surface area contributed by atoms with Crippen molar-refractivity contribution in [1.82, 2.24) is 5.32 Å². The topological polar surface area (TPSA) is 105 Å². The van der Waals surface area contributed by atoms with Gasteiger partial charge in [-0.05, 0) is 43.5 Å². The van der Waals surface area contributed by atoms with Gasteiger partial charge in [0.15, 0.2) is 0 Å². The Bertz CT molecular complexity index is 1060. The number of carboxylic acid groups (broad SMARTS) is 1. The molecule has 0 saturated heterocycles. The van der Waals surface area contributed by atoms with Crippen molar-refractivity contribution in [2.24, 2.45) is 0 Å². The molecule has 2 aromatic carbocycles. The zero-order valence-corrected chi connectivity index (χ0v) is 18.9. The third-order valence-electron chi connectivity index (χ3n) is 5.38. The quantitative estimate of drug-likeness (QED) is 0.517. The molecule has 2 N–H and O–H groups in total. The minimum absolute atomic E-state index is 0.0751. The van der Waals surface area contributed by atoms with Gasteiger partial charge in [-0.3, -0.25) is 24.6 Å². The fourth-order valence-electron chi connectivity index (χ4n) is 3.71. The predicted octanol–water partition coefficient (Wildman–Crippen LogP) is 3.04. The predicted molar refractivity (Wildman–Crippen MR) is 119 cm³/mol. The first-order valence-electron chi connectivity index (χ1n) is 10.9. The van der Waals surface area contributed by atoms with Gasteiger partial charge in [-0.25, -0.2) is 0 Å². The summed E-state index contributed by atoms with van der Waals surface area (Å²) in [6.45, 7) is 0.529. The van der Waals surface area contributed by atoms with Crippen molar-refractivity contribution in [2.75, 3.05) is 24.7 Å². The normalized spacial score (nSPS) is 16.6. The molecule has 0 aromatic heterocycles. The number of amides is 1. The summed E-state index contributed by atoms with van der Waals surface area (Å²) >= 11 is 0. The maximum absolute atomic E-state index is 13.3. The van der Waals surface area contributed by atoms with Gasteiger partial charge in [-0.2, -0.15) is 13.2 Å². The number of anilines is 1. The molecular weight excluding hydrogens is 469 g/mol. The van der Waals surface area contributed by atoms with Crippen LogP contribution >= 0.6 is 0 Å². The number of carboxylic acids is 1. The number of hydrogen-bond acceptors (Lipinski definition) is 6. The molecule has 1 unspecified atom stereocenters. The van der Waals surface area contributed by atoms with Crippen LogP contribution in [0.3, 0.4) is 0 Å². The van der Waals surface area contributed by atoms with Gasteiger partial charge >= 0.3 is 18.1 Å². The van der Waals surface area contributed by atoms with Crippen LogP contribution in [0, 0.1) is 0 Å². The molecular formula is C24H25F3N2O6. The Morgan fingerprint density at radius 1 is 1.23 bits per heavy atom. The molecule has 0 aliphatic carbocycles. The molecule has 0 spiro atoms. The van der Waals surface area contributed by atoms with E-state index in [-0.39, 0.29) is 31.1 Å².